The minimum atomic E-state index is -3.07. The average molecular weight is 259 g/mol. The van der Waals surface area contributed by atoms with Gasteiger partial charge in [0.15, 0.2) is 9.84 Å². The second-order valence-corrected chi connectivity index (χ2v) is 7.68. The van der Waals surface area contributed by atoms with E-state index in [-0.39, 0.29) is 6.04 Å². The Morgan fingerprint density at radius 1 is 1.53 bits per heavy atom. The molecule has 1 unspecified atom stereocenters. The minimum Gasteiger partial charge on any atom is -0.337 e. The molecule has 0 spiro atoms. The van der Waals surface area contributed by atoms with Gasteiger partial charge in [-0.1, -0.05) is 0 Å². The molecule has 6 heteroatoms. The molecule has 0 saturated carbocycles. The number of nitrogens with one attached hydrogen (secondary N) is 1. The third-order valence-electron chi connectivity index (χ3n) is 3.08. The van der Waals surface area contributed by atoms with Crippen molar-refractivity contribution >= 4 is 9.84 Å². The molecule has 0 aliphatic rings. The van der Waals surface area contributed by atoms with Gasteiger partial charge in [-0.3, -0.25) is 0 Å². The van der Waals surface area contributed by atoms with Crippen molar-refractivity contribution in [3.8, 4) is 0 Å². The molecule has 1 aromatic heterocycles. The number of hydrogen-bond acceptors (Lipinski definition) is 4. The number of sulfone groups is 1. The fourth-order valence-corrected chi connectivity index (χ4v) is 1.76. The van der Waals surface area contributed by atoms with E-state index in [1.807, 2.05) is 24.7 Å². The zero-order chi connectivity index (χ0) is 13.3. The van der Waals surface area contributed by atoms with E-state index in [1.54, 1.807) is 20.0 Å². The second kappa shape index (κ2) is 4.78. The van der Waals surface area contributed by atoms with E-state index in [9.17, 15) is 8.42 Å². The Labute approximate surface area is 103 Å². The topological polar surface area (TPSA) is 64.0 Å². The zero-order valence-corrected chi connectivity index (χ0v) is 11.9. The predicted octanol–water partition coefficient (Wildman–Crippen LogP) is 0.894. The van der Waals surface area contributed by atoms with Gasteiger partial charge in [-0.15, -0.1) is 0 Å². The lowest BCUT2D eigenvalue weighted by molar-refractivity contribution is 0.471. The van der Waals surface area contributed by atoms with Gasteiger partial charge in [0, 0.05) is 32.2 Å². The molecule has 0 aliphatic heterocycles. The Kier molecular flexibility index (Phi) is 3.99. The van der Waals surface area contributed by atoms with E-state index in [0.717, 1.165) is 5.82 Å². The van der Waals surface area contributed by atoms with Gasteiger partial charge in [-0.2, -0.15) is 0 Å². The lowest BCUT2D eigenvalue weighted by Crippen LogP contribution is -2.42. The van der Waals surface area contributed by atoms with Gasteiger partial charge in [0.25, 0.3) is 0 Å². The Morgan fingerprint density at radius 2 is 2.12 bits per heavy atom. The summed E-state index contributed by atoms with van der Waals surface area (Å²) in [7, 11) is -1.15. The summed E-state index contributed by atoms with van der Waals surface area (Å²) in [6.07, 6.45) is 4.87. The molecule has 0 fully saturated rings. The lowest BCUT2D eigenvalue weighted by atomic mass is 10.2. The first kappa shape index (κ1) is 14.2. The molecule has 98 valence electrons. The predicted molar refractivity (Wildman–Crippen MR) is 68.5 cm³/mol. The van der Waals surface area contributed by atoms with E-state index in [2.05, 4.69) is 10.3 Å². The van der Waals surface area contributed by atoms with Gasteiger partial charge < -0.3 is 9.88 Å². The average Bonchev–Trinajstić information content (AvgIpc) is 2.59. The van der Waals surface area contributed by atoms with Gasteiger partial charge >= 0.3 is 0 Å². The molecule has 1 heterocycles. The first-order chi connectivity index (χ1) is 7.65. The maximum atomic E-state index is 11.6. The normalized spacial score (nSPS) is 14.9. The summed E-state index contributed by atoms with van der Waals surface area (Å²) in [5, 5.41) is 3.21. The van der Waals surface area contributed by atoms with Crippen molar-refractivity contribution < 1.29 is 8.42 Å². The molecule has 1 atom stereocenters. The van der Waals surface area contributed by atoms with Crippen LogP contribution in [0, 0.1) is 0 Å². The molecular formula is C11H21N3O2S. The van der Waals surface area contributed by atoms with E-state index in [1.165, 1.54) is 6.26 Å². The largest absolute Gasteiger partial charge is 0.337 e. The highest BCUT2D eigenvalue weighted by molar-refractivity contribution is 7.92. The van der Waals surface area contributed by atoms with E-state index in [0.29, 0.717) is 6.54 Å². The van der Waals surface area contributed by atoms with Gasteiger partial charge in [-0.05, 0) is 20.8 Å². The molecule has 0 radical (unpaired) electrons. The standard InChI is InChI=1S/C11H21N3O2S/c1-9(10-12-6-7-14(10)4)13-8-11(2,3)17(5,15)16/h6-7,9,13H,8H2,1-5H3. The second-order valence-electron chi connectivity index (χ2n) is 5.03. The molecule has 1 rings (SSSR count). The highest BCUT2D eigenvalue weighted by Crippen LogP contribution is 2.16. The molecule has 0 aliphatic carbocycles. The molecule has 0 amide bonds. The maximum absolute atomic E-state index is 11.6. The van der Waals surface area contributed by atoms with Crippen LogP contribution in [0.3, 0.4) is 0 Å². The Bertz CT molecular complexity index is 477. The van der Waals surface area contributed by atoms with E-state index < -0.39 is 14.6 Å². The molecule has 0 bridgehead atoms. The summed E-state index contributed by atoms with van der Waals surface area (Å²) in [5.41, 5.74) is 0. The fourth-order valence-electron chi connectivity index (χ4n) is 1.42. The summed E-state index contributed by atoms with van der Waals surface area (Å²) in [6.45, 7) is 5.82. The number of aryl methyl sites for hydroxylation is 1. The summed E-state index contributed by atoms with van der Waals surface area (Å²) < 4.78 is 24.3. The first-order valence-corrected chi connectivity index (χ1v) is 7.44. The number of imidazole rings is 1. The van der Waals surface area contributed by atoms with Crippen molar-refractivity contribution in [2.24, 2.45) is 7.05 Å². The Morgan fingerprint density at radius 3 is 2.53 bits per heavy atom. The van der Waals surface area contributed by atoms with Crippen LogP contribution in [-0.4, -0.2) is 35.5 Å². The molecule has 17 heavy (non-hydrogen) atoms. The van der Waals surface area contributed by atoms with Crippen LogP contribution < -0.4 is 5.32 Å². The van der Waals surface area contributed by atoms with Crippen molar-refractivity contribution in [1.29, 1.82) is 0 Å². The zero-order valence-electron chi connectivity index (χ0n) is 11.1. The third-order valence-corrected chi connectivity index (χ3v) is 5.24. The van der Waals surface area contributed by atoms with Crippen LogP contribution in [-0.2, 0) is 16.9 Å². The van der Waals surface area contributed by atoms with Crippen molar-refractivity contribution in [1.82, 2.24) is 14.9 Å². The molecule has 1 N–H and O–H groups in total. The Balaban J connectivity index is 2.67. The van der Waals surface area contributed by atoms with Gasteiger partial charge in [0.1, 0.15) is 5.82 Å². The van der Waals surface area contributed by atoms with Crippen LogP contribution in [0.1, 0.15) is 32.6 Å². The minimum absolute atomic E-state index is 0.0241. The number of hydrogen-bond donors (Lipinski definition) is 1. The molecule has 1 aromatic rings. The summed E-state index contributed by atoms with van der Waals surface area (Å²) in [6, 6.07) is 0.0241. The van der Waals surface area contributed by atoms with Crippen molar-refractivity contribution in [2.45, 2.75) is 31.6 Å². The van der Waals surface area contributed by atoms with Crippen molar-refractivity contribution in [2.75, 3.05) is 12.8 Å². The van der Waals surface area contributed by atoms with Crippen LogP contribution in [0.15, 0.2) is 12.4 Å². The summed E-state index contributed by atoms with van der Waals surface area (Å²) in [5.74, 6) is 0.898. The number of rotatable bonds is 5. The number of nitrogens with zero attached hydrogens (tertiary/aromatic N) is 2. The third kappa shape index (κ3) is 3.29. The van der Waals surface area contributed by atoms with Crippen LogP contribution >= 0.6 is 0 Å². The van der Waals surface area contributed by atoms with Crippen LogP contribution in [0.5, 0.6) is 0 Å². The van der Waals surface area contributed by atoms with Crippen molar-refractivity contribution in [3.05, 3.63) is 18.2 Å². The summed E-state index contributed by atoms with van der Waals surface area (Å²) >= 11 is 0. The van der Waals surface area contributed by atoms with Gasteiger partial charge in [0.05, 0.1) is 10.8 Å². The van der Waals surface area contributed by atoms with Crippen LogP contribution in [0.25, 0.3) is 0 Å². The lowest BCUT2D eigenvalue weighted by Gasteiger charge is -2.25. The molecular weight excluding hydrogens is 238 g/mol. The monoisotopic (exact) mass is 259 g/mol. The molecule has 0 saturated heterocycles. The van der Waals surface area contributed by atoms with Gasteiger partial charge in [-0.25, -0.2) is 13.4 Å². The summed E-state index contributed by atoms with van der Waals surface area (Å²) in [4.78, 5) is 4.23. The quantitative estimate of drug-likeness (QED) is 0.853. The highest BCUT2D eigenvalue weighted by atomic mass is 32.2. The number of aromatic nitrogens is 2. The van der Waals surface area contributed by atoms with Crippen LogP contribution in [0.2, 0.25) is 0 Å². The van der Waals surface area contributed by atoms with E-state index >= 15 is 0 Å². The molecule has 5 nitrogen and oxygen atoms in total. The Hall–Kier alpha value is -0.880. The van der Waals surface area contributed by atoms with Gasteiger partial charge in [0.2, 0.25) is 0 Å². The molecule has 0 aromatic carbocycles. The highest BCUT2D eigenvalue weighted by Gasteiger charge is 2.30. The van der Waals surface area contributed by atoms with Crippen LogP contribution in [0.4, 0.5) is 0 Å². The van der Waals surface area contributed by atoms with Crippen molar-refractivity contribution in [3.63, 3.8) is 0 Å². The fraction of sp³-hybridized carbons (Fsp3) is 0.727. The first-order valence-electron chi connectivity index (χ1n) is 5.55. The maximum Gasteiger partial charge on any atom is 0.153 e. The van der Waals surface area contributed by atoms with E-state index in [4.69, 9.17) is 0 Å². The smallest absolute Gasteiger partial charge is 0.153 e. The SMILES string of the molecule is CC(NCC(C)(C)S(C)(=O)=O)c1nccn1C.